The predicted molar refractivity (Wildman–Crippen MR) is 199 cm³/mol. The largest absolute Gasteiger partial charge is 0.553 e. The van der Waals surface area contributed by atoms with E-state index in [4.69, 9.17) is 0 Å². The van der Waals surface area contributed by atoms with Crippen LogP contribution in [-0.2, 0) is 12.5 Å². The van der Waals surface area contributed by atoms with Gasteiger partial charge in [0, 0.05) is 24.3 Å². The first-order chi connectivity index (χ1) is 25.3. The lowest BCUT2D eigenvalue weighted by molar-refractivity contribution is -0.834. The average Bonchev–Trinajstić information content (AvgIpc) is 4.02. The molecule has 238 valence electrons. The monoisotopic (exact) mass is 654 g/mol. The summed E-state index contributed by atoms with van der Waals surface area (Å²) in [6.45, 7) is 0.0170. The van der Waals surface area contributed by atoms with Crippen molar-refractivity contribution in [3.05, 3.63) is 225 Å². The van der Waals surface area contributed by atoms with E-state index in [0.29, 0.717) is 0 Å². The SMILES string of the molecule is OCc1ccc(C2=C3C=CC4=[N+]3C35n6c(ccc62)C(c2ccccc2)=C2C=CC(=[N+]23)C(c2ccccc2)=c2ccc(n25)=C4c2ccccc2)cc1. The van der Waals surface area contributed by atoms with Crippen molar-refractivity contribution in [1.29, 1.82) is 0 Å². The van der Waals surface area contributed by atoms with E-state index in [1.165, 1.54) is 72.5 Å². The topological polar surface area (TPSA) is 36.1 Å². The van der Waals surface area contributed by atoms with Gasteiger partial charge < -0.3 is 5.11 Å². The fourth-order valence-corrected chi connectivity index (χ4v) is 9.50. The molecule has 6 aliphatic heterocycles. The van der Waals surface area contributed by atoms with Crippen molar-refractivity contribution >= 4 is 33.7 Å². The zero-order valence-electron chi connectivity index (χ0n) is 27.5. The predicted octanol–water partition coefficient (Wildman–Crippen LogP) is 5.92. The normalized spacial score (nSPS) is 19.9. The van der Waals surface area contributed by atoms with Crippen LogP contribution in [0.3, 0.4) is 0 Å². The van der Waals surface area contributed by atoms with Crippen molar-refractivity contribution in [2.24, 2.45) is 0 Å². The summed E-state index contributed by atoms with van der Waals surface area (Å²) in [5.41, 5.74) is 17.5. The Morgan fingerprint density at radius 3 is 1.31 bits per heavy atom. The zero-order valence-corrected chi connectivity index (χ0v) is 27.5. The minimum Gasteiger partial charge on any atom is -0.392 e. The first-order valence-electron chi connectivity index (χ1n) is 17.5. The maximum absolute atomic E-state index is 9.94. The molecule has 0 saturated heterocycles. The molecule has 2 aromatic heterocycles. The third-order valence-corrected chi connectivity index (χ3v) is 11.4. The van der Waals surface area contributed by atoms with Crippen LogP contribution in [0.4, 0.5) is 0 Å². The van der Waals surface area contributed by atoms with Gasteiger partial charge in [0.2, 0.25) is 22.8 Å². The second-order valence-electron chi connectivity index (χ2n) is 13.8. The lowest BCUT2D eigenvalue weighted by Crippen LogP contribution is -2.71. The molecule has 1 spiro atoms. The third kappa shape index (κ3) is 3.17. The molecule has 1 atom stereocenters. The Hall–Kier alpha value is -6.56. The molecule has 0 amide bonds. The molecular formula is C46H30N4O+2. The molecule has 6 aromatic rings. The van der Waals surface area contributed by atoms with Crippen molar-refractivity contribution in [2.45, 2.75) is 12.5 Å². The van der Waals surface area contributed by atoms with E-state index in [1.807, 2.05) is 12.1 Å². The first kappa shape index (κ1) is 27.3. The van der Waals surface area contributed by atoms with Crippen LogP contribution < -0.4 is 10.7 Å². The van der Waals surface area contributed by atoms with Gasteiger partial charge in [-0.25, -0.2) is 0 Å². The Morgan fingerprint density at radius 2 is 0.863 bits per heavy atom. The summed E-state index contributed by atoms with van der Waals surface area (Å²) in [6, 6.07) is 50.3. The highest BCUT2D eigenvalue weighted by atomic mass is 16.3. The third-order valence-electron chi connectivity index (χ3n) is 11.4. The van der Waals surface area contributed by atoms with Gasteiger partial charge in [0.25, 0.3) is 0 Å². The van der Waals surface area contributed by atoms with Crippen LogP contribution in [0.2, 0.25) is 0 Å². The molecule has 0 radical (unpaired) electrons. The van der Waals surface area contributed by atoms with Crippen LogP contribution in [-0.4, -0.2) is 34.8 Å². The summed E-state index contributed by atoms with van der Waals surface area (Å²) in [5, 5.41) is 12.3. The van der Waals surface area contributed by atoms with Crippen molar-refractivity contribution in [3.8, 4) is 0 Å². The summed E-state index contributed by atoms with van der Waals surface area (Å²) >= 11 is 0. The van der Waals surface area contributed by atoms with E-state index >= 15 is 0 Å². The summed E-state index contributed by atoms with van der Waals surface area (Å²) in [6.07, 6.45) is 9.32. The van der Waals surface area contributed by atoms with Gasteiger partial charge in [0.05, 0.1) is 51.0 Å². The maximum Gasteiger partial charge on any atom is 0.553 e. The Bertz CT molecular complexity index is 2890. The molecular weight excluding hydrogens is 625 g/mol. The van der Waals surface area contributed by atoms with Gasteiger partial charge in [-0.2, -0.15) is 9.13 Å². The molecule has 5 heteroatoms. The number of aliphatic hydroxyl groups is 1. The van der Waals surface area contributed by atoms with Crippen LogP contribution in [0.1, 0.15) is 39.2 Å². The summed E-state index contributed by atoms with van der Waals surface area (Å²) in [7, 11) is 0. The average molecular weight is 655 g/mol. The molecule has 1 unspecified atom stereocenters. The molecule has 0 saturated carbocycles. The molecule has 4 aromatic carbocycles. The molecule has 0 aliphatic carbocycles. The van der Waals surface area contributed by atoms with Gasteiger partial charge in [-0.1, -0.05) is 124 Å². The number of rotatable bonds is 5. The fourth-order valence-electron chi connectivity index (χ4n) is 9.50. The van der Waals surface area contributed by atoms with Crippen LogP contribution in [0, 0.1) is 0 Å². The number of allylic oxidation sites excluding steroid dienone is 4. The molecule has 51 heavy (non-hydrogen) atoms. The Balaban J connectivity index is 1.33. The van der Waals surface area contributed by atoms with Gasteiger partial charge in [0.15, 0.2) is 0 Å². The van der Waals surface area contributed by atoms with E-state index in [2.05, 4.69) is 170 Å². The quantitative estimate of drug-likeness (QED) is 0.231. The summed E-state index contributed by atoms with van der Waals surface area (Å²) < 4.78 is 10.4. The lowest BCUT2D eigenvalue weighted by atomic mass is 9.92. The zero-order chi connectivity index (χ0) is 33.4. The highest BCUT2D eigenvalue weighted by Crippen LogP contribution is 2.52. The smallest absolute Gasteiger partial charge is 0.392 e. The standard InChI is InChI=1S/C46H30N4O/c51-28-29-16-18-33(19-17-29)45-40-26-24-38-43(31-12-6-2-7-13-31)36-22-20-34-42(30-10-4-1-5-11-30)35-21-23-37-44(32-14-8-3-9-15-32)39-25-27-41(45)50(39)46(47(34)36,48(35)37)49(38)40/h1-27,51H,28H2/q+2. The van der Waals surface area contributed by atoms with Crippen LogP contribution in [0.15, 0.2) is 175 Å². The molecule has 12 rings (SSSR count). The van der Waals surface area contributed by atoms with Gasteiger partial charge in [-0.05, 0) is 52.1 Å². The lowest BCUT2D eigenvalue weighted by Gasteiger charge is -2.41. The van der Waals surface area contributed by atoms with E-state index in [1.54, 1.807) is 0 Å². The molecule has 0 fully saturated rings. The first-order valence-corrected chi connectivity index (χ1v) is 17.5. The number of aromatic nitrogens is 2. The summed E-state index contributed by atoms with van der Waals surface area (Å²) in [5.74, 6) is -0.798. The van der Waals surface area contributed by atoms with Crippen molar-refractivity contribution in [1.82, 2.24) is 9.13 Å². The number of benzene rings is 4. The second-order valence-corrected chi connectivity index (χ2v) is 13.8. The van der Waals surface area contributed by atoms with Gasteiger partial charge >= 0.3 is 5.91 Å². The van der Waals surface area contributed by atoms with E-state index in [0.717, 1.165) is 22.5 Å². The molecule has 0 bridgehead atoms. The Morgan fingerprint density at radius 1 is 0.431 bits per heavy atom. The van der Waals surface area contributed by atoms with Gasteiger partial charge in [-0.15, -0.1) is 0 Å². The van der Waals surface area contributed by atoms with Crippen molar-refractivity contribution < 1.29 is 14.3 Å². The van der Waals surface area contributed by atoms with E-state index in [9.17, 15) is 5.11 Å². The van der Waals surface area contributed by atoms with Crippen LogP contribution in [0.25, 0.3) is 22.3 Å². The highest BCUT2D eigenvalue weighted by molar-refractivity contribution is 6.29. The van der Waals surface area contributed by atoms with Crippen molar-refractivity contribution in [2.75, 3.05) is 0 Å². The molecule has 5 nitrogen and oxygen atoms in total. The van der Waals surface area contributed by atoms with E-state index in [-0.39, 0.29) is 6.61 Å². The number of hydrogen-bond acceptors (Lipinski definition) is 1. The molecule has 6 aliphatic rings. The van der Waals surface area contributed by atoms with Gasteiger partial charge in [-0.3, -0.25) is 0 Å². The Labute approximate surface area is 293 Å². The fraction of sp³-hybridized carbons (Fsp3) is 0.0435. The highest BCUT2D eigenvalue weighted by Gasteiger charge is 2.72. The van der Waals surface area contributed by atoms with Gasteiger partial charge in [0.1, 0.15) is 0 Å². The number of nitrogens with zero attached hydrogens (tertiary/aromatic N) is 4. The molecule has 8 heterocycles. The minimum absolute atomic E-state index is 0.0170. The van der Waals surface area contributed by atoms with Crippen molar-refractivity contribution in [3.63, 3.8) is 0 Å². The second kappa shape index (κ2) is 9.57. The van der Waals surface area contributed by atoms with E-state index < -0.39 is 5.91 Å². The minimum atomic E-state index is -0.798. The van der Waals surface area contributed by atoms with Crippen LogP contribution in [0.5, 0.6) is 0 Å². The summed E-state index contributed by atoms with van der Waals surface area (Å²) in [4.78, 5) is 0. The number of aliphatic hydroxyl groups excluding tert-OH is 1. The maximum atomic E-state index is 9.94. The Kier molecular flexibility index (Phi) is 5.12. The number of hydrogen-bond donors (Lipinski definition) is 1. The van der Waals surface area contributed by atoms with Crippen LogP contribution >= 0.6 is 0 Å². The molecule has 1 N–H and O–H groups in total.